The number of aliphatic hydroxyl groups is 2. The molecular weight excluding hydrogens is 399 g/mol. The molecule has 0 fully saturated rings. The minimum Gasteiger partial charge on any atom is -0.547 e. The van der Waals surface area contributed by atoms with Crippen LogP contribution in [0.15, 0.2) is 0 Å². The quantitative estimate of drug-likeness (QED) is 0.160. The van der Waals surface area contributed by atoms with Crippen molar-refractivity contribution in [2.24, 2.45) is 0 Å². The van der Waals surface area contributed by atoms with Crippen molar-refractivity contribution in [3.8, 4) is 0 Å². The number of aliphatic hydroxyl groups excluding tert-OH is 2. The van der Waals surface area contributed by atoms with Gasteiger partial charge in [-0.3, -0.25) is 0 Å². The molecule has 0 rings (SSSR count). The largest absolute Gasteiger partial charge is 1.00 e. The predicted molar refractivity (Wildman–Crippen MR) is 108 cm³/mol. The summed E-state index contributed by atoms with van der Waals surface area (Å²) in [5, 5.41) is 28.6. The third kappa shape index (κ3) is 20.2. The Bertz CT molecular complexity index is 391. The standard InChI is InChI=1S/C22H42O6.K/c1-2-3-4-5-6-7-8-9-10-11-12-13-14-15-16-17-18-28-22(27)20(24)19(23)21(25)26;/h19-20,23-24H,2-18H2,1H3,(H,25,26);/q;+1/p-1. The zero-order valence-electron chi connectivity index (χ0n) is 18.7. The second-order valence-electron chi connectivity index (χ2n) is 7.68. The van der Waals surface area contributed by atoms with E-state index in [1.54, 1.807) is 0 Å². The first-order valence-electron chi connectivity index (χ1n) is 11.2. The molecule has 0 spiro atoms. The third-order valence-electron chi connectivity index (χ3n) is 5.02. The van der Waals surface area contributed by atoms with Gasteiger partial charge < -0.3 is 24.9 Å². The fraction of sp³-hybridized carbons (Fsp3) is 0.909. The van der Waals surface area contributed by atoms with Crippen LogP contribution < -0.4 is 56.5 Å². The molecule has 0 aromatic heterocycles. The molecule has 2 unspecified atom stereocenters. The fourth-order valence-corrected chi connectivity index (χ4v) is 3.17. The van der Waals surface area contributed by atoms with Crippen molar-refractivity contribution in [2.75, 3.05) is 6.61 Å². The number of carboxylic acid groups (broad SMARTS) is 1. The molecule has 0 aliphatic carbocycles. The van der Waals surface area contributed by atoms with Gasteiger partial charge in [0.1, 0.15) is 6.10 Å². The van der Waals surface area contributed by atoms with Crippen molar-refractivity contribution < 1.29 is 81.0 Å². The van der Waals surface area contributed by atoms with Gasteiger partial charge in [-0.2, -0.15) is 0 Å². The van der Waals surface area contributed by atoms with E-state index in [2.05, 4.69) is 6.92 Å². The Kier molecular flexibility index (Phi) is 25.3. The maximum absolute atomic E-state index is 11.3. The van der Waals surface area contributed by atoms with E-state index in [1.807, 2.05) is 0 Å². The van der Waals surface area contributed by atoms with Gasteiger partial charge in [0, 0.05) is 0 Å². The zero-order valence-corrected chi connectivity index (χ0v) is 21.8. The Labute approximate surface area is 219 Å². The molecule has 0 heterocycles. The summed E-state index contributed by atoms with van der Waals surface area (Å²) in [7, 11) is 0. The summed E-state index contributed by atoms with van der Waals surface area (Å²) in [5.41, 5.74) is 0. The fourth-order valence-electron chi connectivity index (χ4n) is 3.17. The van der Waals surface area contributed by atoms with Gasteiger partial charge >= 0.3 is 57.4 Å². The van der Waals surface area contributed by atoms with Crippen LogP contribution in [0.5, 0.6) is 0 Å². The topological polar surface area (TPSA) is 107 Å². The van der Waals surface area contributed by atoms with Gasteiger partial charge in [0.15, 0.2) is 6.10 Å². The molecule has 166 valence electrons. The van der Waals surface area contributed by atoms with Crippen LogP contribution in [0.3, 0.4) is 0 Å². The summed E-state index contributed by atoms with van der Waals surface area (Å²) in [6, 6.07) is 0. The molecule has 0 saturated heterocycles. The number of hydrogen-bond donors (Lipinski definition) is 2. The molecule has 0 aliphatic heterocycles. The molecule has 7 heteroatoms. The van der Waals surface area contributed by atoms with Crippen LogP contribution in [-0.2, 0) is 14.3 Å². The zero-order chi connectivity index (χ0) is 21.0. The van der Waals surface area contributed by atoms with E-state index in [1.165, 1.54) is 77.0 Å². The molecule has 0 aromatic carbocycles. The Balaban J connectivity index is 0. The van der Waals surface area contributed by atoms with Gasteiger partial charge in [0.2, 0.25) is 0 Å². The molecule has 0 radical (unpaired) electrons. The van der Waals surface area contributed by atoms with E-state index < -0.39 is 24.1 Å². The van der Waals surface area contributed by atoms with Crippen LogP contribution >= 0.6 is 0 Å². The average Bonchev–Trinajstić information content (AvgIpc) is 2.68. The summed E-state index contributed by atoms with van der Waals surface area (Å²) in [5.74, 6) is -3.02. The number of ether oxygens (including phenoxy) is 1. The van der Waals surface area contributed by atoms with Crippen LogP contribution in [0.4, 0.5) is 0 Å². The number of carbonyl (C=O) groups excluding carboxylic acids is 2. The molecule has 0 amide bonds. The van der Waals surface area contributed by atoms with E-state index in [0.29, 0.717) is 6.42 Å². The van der Waals surface area contributed by atoms with E-state index >= 15 is 0 Å². The molecule has 2 N–H and O–H groups in total. The van der Waals surface area contributed by atoms with Crippen LogP contribution in [0.2, 0.25) is 0 Å². The second-order valence-corrected chi connectivity index (χ2v) is 7.68. The Morgan fingerprint density at radius 3 is 1.38 bits per heavy atom. The summed E-state index contributed by atoms with van der Waals surface area (Å²) < 4.78 is 4.75. The summed E-state index contributed by atoms with van der Waals surface area (Å²) in [6.45, 7) is 2.37. The van der Waals surface area contributed by atoms with E-state index in [9.17, 15) is 19.8 Å². The van der Waals surface area contributed by atoms with Crippen molar-refractivity contribution in [1.29, 1.82) is 0 Å². The Morgan fingerprint density at radius 2 is 1.03 bits per heavy atom. The molecule has 0 aromatic rings. The van der Waals surface area contributed by atoms with Crippen molar-refractivity contribution in [1.82, 2.24) is 0 Å². The first-order chi connectivity index (χ1) is 13.5. The van der Waals surface area contributed by atoms with E-state index in [0.717, 1.165) is 19.3 Å². The summed E-state index contributed by atoms with van der Waals surface area (Å²) >= 11 is 0. The number of unbranched alkanes of at least 4 members (excludes halogenated alkanes) is 15. The van der Waals surface area contributed by atoms with Gasteiger partial charge in [-0.15, -0.1) is 0 Å². The monoisotopic (exact) mass is 440 g/mol. The molecular formula is C22H41KO6. The molecule has 2 atom stereocenters. The van der Waals surface area contributed by atoms with Crippen molar-refractivity contribution >= 4 is 11.9 Å². The maximum atomic E-state index is 11.3. The molecule has 0 aliphatic rings. The van der Waals surface area contributed by atoms with Crippen molar-refractivity contribution in [2.45, 2.75) is 122 Å². The van der Waals surface area contributed by atoms with Gasteiger partial charge in [-0.25, -0.2) is 4.79 Å². The Morgan fingerprint density at radius 1 is 0.690 bits per heavy atom. The number of aliphatic carboxylic acids is 1. The second kappa shape index (κ2) is 23.2. The minimum atomic E-state index is -2.25. The summed E-state index contributed by atoms with van der Waals surface area (Å²) in [4.78, 5) is 21.7. The van der Waals surface area contributed by atoms with Gasteiger partial charge in [0.05, 0.1) is 12.6 Å². The number of carboxylic acids is 1. The average molecular weight is 441 g/mol. The van der Waals surface area contributed by atoms with Crippen LogP contribution in [-0.4, -0.2) is 41.0 Å². The smallest absolute Gasteiger partial charge is 0.547 e. The van der Waals surface area contributed by atoms with Gasteiger partial charge in [0.25, 0.3) is 0 Å². The molecule has 6 nitrogen and oxygen atoms in total. The number of rotatable bonds is 20. The number of esters is 1. The van der Waals surface area contributed by atoms with Gasteiger partial charge in [-0.05, 0) is 6.42 Å². The Hall–Kier alpha value is 0.496. The van der Waals surface area contributed by atoms with Crippen molar-refractivity contribution in [3.63, 3.8) is 0 Å². The first-order valence-corrected chi connectivity index (χ1v) is 11.2. The van der Waals surface area contributed by atoms with Gasteiger partial charge in [-0.1, -0.05) is 103 Å². The molecule has 0 saturated carbocycles. The number of carbonyl (C=O) groups is 2. The molecule has 0 bridgehead atoms. The third-order valence-corrected chi connectivity index (χ3v) is 5.02. The SMILES string of the molecule is CCCCCCCCCCCCCCCCCCOC(=O)C(O)C(O)C(=O)[O-].[K+]. The van der Waals surface area contributed by atoms with Crippen molar-refractivity contribution in [3.05, 3.63) is 0 Å². The summed E-state index contributed by atoms with van der Waals surface area (Å²) in [6.07, 6.45) is 15.6. The maximum Gasteiger partial charge on any atom is 1.00 e. The van der Waals surface area contributed by atoms with E-state index in [-0.39, 0.29) is 58.0 Å². The normalized spacial score (nSPS) is 12.8. The van der Waals surface area contributed by atoms with Crippen LogP contribution in [0, 0.1) is 0 Å². The minimum absolute atomic E-state index is 0. The first kappa shape index (κ1) is 31.7. The predicted octanol–water partition coefficient (Wildman–Crippen LogP) is 0.267. The number of hydrogen-bond acceptors (Lipinski definition) is 6. The van der Waals surface area contributed by atoms with E-state index in [4.69, 9.17) is 9.84 Å². The van der Waals surface area contributed by atoms with Crippen LogP contribution in [0.1, 0.15) is 110 Å². The molecule has 29 heavy (non-hydrogen) atoms. The van der Waals surface area contributed by atoms with Crippen LogP contribution in [0.25, 0.3) is 0 Å².